The van der Waals surface area contributed by atoms with E-state index >= 15 is 0 Å². The van der Waals surface area contributed by atoms with E-state index in [-0.39, 0.29) is 10.3 Å². The Kier molecular flexibility index (Phi) is 6.80. The van der Waals surface area contributed by atoms with Crippen molar-refractivity contribution in [2.75, 3.05) is 5.32 Å². The van der Waals surface area contributed by atoms with Crippen LogP contribution in [0.2, 0.25) is 0 Å². The van der Waals surface area contributed by atoms with E-state index in [1.54, 1.807) is 38.4 Å². The third-order valence-corrected chi connectivity index (χ3v) is 6.94. The average molecular weight is 511 g/mol. The van der Waals surface area contributed by atoms with Gasteiger partial charge in [-0.2, -0.15) is 0 Å². The summed E-state index contributed by atoms with van der Waals surface area (Å²) in [5.74, 6) is 0.258. The van der Waals surface area contributed by atoms with Crippen LogP contribution in [0.15, 0.2) is 97.3 Å². The number of amides is 1. The molecule has 2 heterocycles. The number of benzene rings is 3. The fraction of sp³-hybridized carbons (Fsp3) is 0.161. The number of hydrogen-bond acceptors (Lipinski definition) is 4. The quantitative estimate of drug-likeness (QED) is 0.211. The molecule has 0 bridgehead atoms. The first-order chi connectivity index (χ1) is 18.3. The van der Waals surface area contributed by atoms with Crippen molar-refractivity contribution in [3.8, 4) is 0 Å². The molecule has 0 fully saturated rings. The van der Waals surface area contributed by atoms with E-state index < -0.39 is 5.72 Å². The standard InChI is InChI=1S/C31H28FN3O3/c1-31(2,37)35(19-22-12-14-24(32)15-13-22)28-11-7-6-10-26(28)30(38-20-23-8-4-3-5-9-23)29(35)25-16-17-33-18-27(25)34-21-36/h3-18,21,37H,19-20H2,1-2H3/p+1. The maximum absolute atomic E-state index is 13.8. The number of nitrogens with one attached hydrogen (secondary N) is 1. The highest BCUT2D eigenvalue weighted by atomic mass is 19.1. The first-order valence-corrected chi connectivity index (χ1v) is 12.4. The molecule has 1 aromatic heterocycles. The van der Waals surface area contributed by atoms with Gasteiger partial charge in [-0.3, -0.25) is 9.78 Å². The van der Waals surface area contributed by atoms with Gasteiger partial charge in [-0.05, 0) is 29.8 Å². The Morgan fingerprint density at radius 1 is 0.947 bits per heavy atom. The van der Waals surface area contributed by atoms with Crippen LogP contribution in [0.4, 0.5) is 15.8 Å². The van der Waals surface area contributed by atoms with E-state index in [4.69, 9.17) is 4.74 Å². The summed E-state index contributed by atoms with van der Waals surface area (Å²) < 4.78 is 20.4. The van der Waals surface area contributed by atoms with Gasteiger partial charge in [0, 0.05) is 31.7 Å². The second-order valence-corrected chi connectivity index (χ2v) is 9.74. The number of carbonyl (C=O) groups excluding carboxylic acids is 1. The lowest BCUT2D eigenvalue weighted by Crippen LogP contribution is -2.60. The molecule has 5 rings (SSSR count). The Bertz CT molecular complexity index is 1480. The maximum atomic E-state index is 13.8. The van der Waals surface area contributed by atoms with Crippen molar-refractivity contribution in [1.29, 1.82) is 0 Å². The van der Waals surface area contributed by atoms with E-state index in [0.717, 1.165) is 22.4 Å². The summed E-state index contributed by atoms with van der Waals surface area (Å²) in [6, 6.07) is 25.7. The number of ether oxygens (including phenoxy) is 1. The first-order valence-electron chi connectivity index (χ1n) is 12.4. The number of nitrogens with zero attached hydrogens (tertiary/aromatic N) is 2. The molecule has 2 N–H and O–H groups in total. The Labute approximate surface area is 221 Å². The third-order valence-electron chi connectivity index (χ3n) is 6.94. The van der Waals surface area contributed by atoms with Crippen LogP contribution in [0, 0.1) is 5.82 Å². The molecule has 1 amide bonds. The zero-order valence-corrected chi connectivity index (χ0v) is 21.3. The van der Waals surface area contributed by atoms with Gasteiger partial charge in [-0.25, -0.2) is 8.87 Å². The summed E-state index contributed by atoms with van der Waals surface area (Å²) in [6.07, 6.45) is 3.82. The number of carbonyl (C=O) groups is 1. The van der Waals surface area contributed by atoms with Gasteiger partial charge >= 0.3 is 0 Å². The van der Waals surface area contributed by atoms with Gasteiger partial charge in [-0.15, -0.1) is 0 Å². The molecule has 0 radical (unpaired) electrons. The summed E-state index contributed by atoms with van der Waals surface area (Å²) in [5.41, 5.74) is 3.93. The van der Waals surface area contributed by atoms with Crippen LogP contribution in [-0.4, -0.2) is 22.2 Å². The van der Waals surface area contributed by atoms with Crippen LogP contribution in [0.5, 0.6) is 0 Å². The Morgan fingerprint density at radius 3 is 2.37 bits per heavy atom. The van der Waals surface area contributed by atoms with E-state index in [0.29, 0.717) is 42.3 Å². The minimum atomic E-state index is -1.36. The average Bonchev–Trinajstić information content (AvgIpc) is 3.20. The fourth-order valence-electron chi connectivity index (χ4n) is 5.19. The number of rotatable bonds is 9. The van der Waals surface area contributed by atoms with Crippen LogP contribution >= 0.6 is 0 Å². The highest BCUT2D eigenvalue weighted by Gasteiger charge is 2.57. The van der Waals surface area contributed by atoms with Crippen molar-refractivity contribution in [2.24, 2.45) is 0 Å². The molecule has 4 aromatic rings. The normalized spacial score (nSPS) is 16.7. The molecule has 0 saturated heterocycles. The van der Waals surface area contributed by atoms with E-state index in [1.807, 2.05) is 60.7 Å². The zero-order valence-electron chi connectivity index (χ0n) is 21.3. The lowest BCUT2D eigenvalue weighted by atomic mass is 10.0. The first kappa shape index (κ1) is 25.3. The molecule has 0 saturated carbocycles. The van der Waals surface area contributed by atoms with Gasteiger partial charge < -0.3 is 15.2 Å². The monoisotopic (exact) mass is 510 g/mol. The molecular weight excluding hydrogens is 481 g/mol. The largest absolute Gasteiger partial charge is 0.482 e. The maximum Gasteiger partial charge on any atom is 0.211 e. The Morgan fingerprint density at radius 2 is 1.66 bits per heavy atom. The number of hydrogen-bond donors (Lipinski definition) is 2. The van der Waals surface area contributed by atoms with Gasteiger partial charge in [-0.1, -0.05) is 54.6 Å². The molecule has 3 aromatic carbocycles. The van der Waals surface area contributed by atoms with Crippen molar-refractivity contribution < 1.29 is 19.0 Å². The van der Waals surface area contributed by atoms with Crippen LogP contribution < -0.4 is 9.80 Å². The van der Waals surface area contributed by atoms with E-state index in [9.17, 15) is 14.3 Å². The van der Waals surface area contributed by atoms with Crippen LogP contribution in [0.3, 0.4) is 0 Å². The fourth-order valence-corrected chi connectivity index (χ4v) is 5.19. The lowest BCUT2D eigenvalue weighted by molar-refractivity contribution is -0.105. The van der Waals surface area contributed by atoms with Crippen molar-refractivity contribution in [3.63, 3.8) is 0 Å². The molecule has 38 heavy (non-hydrogen) atoms. The number of anilines is 1. The van der Waals surface area contributed by atoms with Crippen molar-refractivity contribution >= 4 is 29.2 Å². The molecule has 1 aliphatic rings. The summed E-state index contributed by atoms with van der Waals surface area (Å²) in [6.45, 7) is 4.11. The van der Waals surface area contributed by atoms with Crippen molar-refractivity contribution in [3.05, 3.63) is 125 Å². The van der Waals surface area contributed by atoms with Crippen LogP contribution in [-0.2, 0) is 22.7 Å². The highest BCUT2D eigenvalue weighted by molar-refractivity contribution is 6.04. The Balaban J connectivity index is 1.80. The molecule has 1 aliphatic heterocycles. The molecule has 0 aliphatic carbocycles. The summed E-state index contributed by atoms with van der Waals surface area (Å²) in [4.78, 5) is 15.8. The minimum Gasteiger partial charge on any atom is -0.482 e. The SMILES string of the molecule is CC(C)(O)[N+]1(Cc2ccc(F)cc2)C(c2ccncc2NC=O)=C(OCc2ccccc2)c2ccccc21. The number of aliphatic hydroxyl groups is 1. The van der Waals surface area contributed by atoms with Gasteiger partial charge in [0.25, 0.3) is 0 Å². The molecule has 7 heteroatoms. The highest BCUT2D eigenvalue weighted by Crippen LogP contribution is 2.55. The second kappa shape index (κ2) is 10.2. The molecule has 1 unspecified atom stereocenters. The van der Waals surface area contributed by atoms with E-state index in [2.05, 4.69) is 10.3 Å². The predicted molar refractivity (Wildman–Crippen MR) is 147 cm³/mol. The minimum absolute atomic E-state index is 0.0452. The van der Waals surface area contributed by atoms with Gasteiger partial charge in [0.1, 0.15) is 19.0 Å². The summed E-state index contributed by atoms with van der Waals surface area (Å²) >= 11 is 0. The molecule has 1 atom stereocenters. The van der Waals surface area contributed by atoms with Crippen molar-refractivity contribution in [2.45, 2.75) is 32.7 Å². The lowest BCUT2D eigenvalue weighted by Gasteiger charge is -2.45. The molecule has 6 nitrogen and oxygen atoms in total. The molecule has 192 valence electrons. The van der Waals surface area contributed by atoms with Gasteiger partial charge in [0.05, 0.1) is 23.0 Å². The number of fused-ring (bicyclic) bond motifs is 1. The predicted octanol–water partition coefficient (Wildman–Crippen LogP) is 6.08. The summed E-state index contributed by atoms with van der Waals surface area (Å²) in [5, 5.41) is 14.7. The zero-order chi connectivity index (χ0) is 26.8. The van der Waals surface area contributed by atoms with Crippen LogP contribution in [0.25, 0.3) is 11.5 Å². The molecule has 0 spiro atoms. The summed E-state index contributed by atoms with van der Waals surface area (Å²) in [7, 11) is 0. The van der Waals surface area contributed by atoms with E-state index in [1.165, 1.54) is 12.1 Å². The topological polar surface area (TPSA) is 71.5 Å². The molecular formula is C31H29FN3O3+. The van der Waals surface area contributed by atoms with Gasteiger partial charge in [0.2, 0.25) is 12.1 Å². The number of pyridine rings is 1. The van der Waals surface area contributed by atoms with Crippen molar-refractivity contribution in [1.82, 2.24) is 9.47 Å². The smallest absolute Gasteiger partial charge is 0.211 e. The Hall–Kier alpha value is -4.33. The van der Waals surface area contributed by atoms with Crippen LogP contribution in [0.1, 0.15) is 36.1 Å². The number of quaternary nitrogens is 1. The number of para-hydroxylation sites is 1. The second-order valence-electron chi connectivity index (χ2n) is 9.74. The van der Waals surface area contributed by atoms with Gasteiger partial charge in [0.15, 0.2) is 17.1 Å². The number of aromatic nitrogens is 1. The number of halogens is 1. The third kappa shape index (κ3) is 4.47.